The van der Waals surface area contributed by atoms with Gasteiger partial charge in [0.1, 0.15) is 0 Å². The van der Waals surface area contributed by atoms with Gasteiger partial charge in [0, 0.05) is 52.4 Å². The van der Waals surface area contributed by atoms with Gasteiger partial charge in [-0.25, -0.2) is 0 Å². The van der Waals surface area contributed by atoms with Gasteiger partial charge in [-0.05, 0) is 26.2 Å². The first-order valence-corrected chi connectivity index (χ1v) is 8.10. The summed E-state index contributed by atoms with van der Waals surface area (Å²) < 4.78 is 5.39. The molecule has 0 bridgehead atoms. The summed E-state index contributed by atoms with van der Waals surface area (Å²) in [6.07, 6.45) is 3.64. The molecule has 0 aliphatic carbocycles. The molecule has 0 aromatic carbocycles. The maximum atomic E-state index is 12.2. The average molecular weight is 283 g/mol. The van der Waals surface area contributed by atoms with E-state index >= 15 is 0 Å². The zero-order chi connectivity index (χ0) is 14.2. The smallest absolute Gasteiger partial charge is 0.236 e. The topological polar surface area (TPSA) is 36.0 Å². The number of amides is 1. The molecule has 5 heteroatoms. The number of piperidine rings is 1. The normalized spacial score (nSPS) is 22.1. The molecule has 20 heavy (non-hydrogen) atoms. The van der Waals surface area contributed by atoms with Crippen LogP contribution in [0.5, 0.6) is 0 Å². The van der Waals surface area contributed by atoms with Gasteiger partial charge in [0.05, 0.1) is 13.2 Å². The highest BCUT2D eigenvalue weighted by molar-refractivity contribution is 5.78. The second-order valence-corrected chi connectivity index (χ2v) is 5.76. The minimum absolute atomic E-state index is 0.326. The second kappa shape index (κ2) is 8.60. The number of nitrogens with zero attached hydrogens (tertiary/aromatic N) is 3. The lowest BCUT2D eigenvalue weighted by Gasteiger charge is -2.36. The van der Waals surface area contributed by atoms with Crippen molar-refractivity contribution in [2.24, 2.45) is 0 Å². The van der Waals surface area contributed by atoms with Crippen molar-refractivity contribution in [2.75, 3.05) is 65.6 Å². The zero-order valence-corrected chi connectivity index (χ0v) is 12.9. The molecular weight excluding hydrogens is 254 g/mol. The van der Waals surface area contributed by atoms with Crippen LogP contribution in [0.25, 0.3) is 0 Å². The maximum Gasteiger partial charge on any atom is 0.236 e. The van der Waals surface area contributed by atoms with Crippen molar-refractivity contribution < 1.29 is 9.53 Å². The van der Waals surface area contributed by atoms with Gasteiger partial charge in [0.15, 0.2) is 0 Å². The molecule has 0 aromatic heterocycles. The molecule has 2 aliphatic heterocycles. The summed E-state index contributed by atoms with van der Waals surface area (Å²) in [6, 6.07) is 0. The molecular formula is C15H29N3O2. The minimum atomic E-state index is 0.326. The summed E-state index contributed by atoms with van der Waals surface area (Å²) >= 11 is 0. The van der Waals surface area contributed by atoms with E-state index < -0.39 is 0 Å². The Morgan fingerprint density at radius 3 is 2.25 bits per heavy atom. The highest BCUT2D eigenvalue weighted by Gasteiger charge is 2.22. The molecule has 0 radical (unpaired) electrons. The summed E-state index contributed by atoms with van der Waals surface area (Å²) in [5, 5.41) is 0. The number of piperazine rings is 1. The molecule has 0 unspecified atom stereocenters. The highest BCUT2D eigenvalue weighted by Crippen LogP contribution is 2.10. The number of hydrogen-bond acceptors (Lipinski definition) is 4. The molecule has 1 amide bonds. The van der Waals surface area contributed by atoms with E-state index in [0.29, 0.717) is 12.5 Å². The number of carbonyl (C=O) groups is 1. The van der Waals surface area contributed by atoms with E-state index in [1.165, 1.54) is 19.3 Å². The first-order chi connectivity index (χ1) is 9.79. The molecule has 0 spiro atoms. The van der Waals surface area contributed by atoms with Crippen LogP contribution in [0.4, 0.5) is 0 Å². The minimum Gasteiger partial charge on any atom is -0.380 e. The Morgan fingerprint density at radius 2 is 1.60 bits per heavy atom. The van der Waals surface area contributed by atoms with Crippen molar-refractivity contribution in [3.05, 3.63) is 0 Å². The van der Waals surface area contributed by atoms with E-state index in [1.54, 1.807) is 0 Å². The molecule has 0 atom stereocenters. The third-order valence-electron chi connectivity index (χ3n) is 4.29. The molecule has 0 N–H and O–H groups in total. The maximum absolute atomic E-state index is 12.2. The quantitative estimate of drug-likeness (QED) is 0.671. The van der Waals surface area contributed by atoms with E-state index in [-0.39, 0.29) is 0 Å². The Morgan fingerprint density at radius 1 is 0.950 bits per heavy atom. The number of ether oxygens (including phenoxy) is 1. The van der Waals surface area contributed by atoms with E-state index in [1.807, 2.05) is 11.8 Å². The van der Waals surface area contributed by atoms with Gasteiger partial charge >= 0.3 is 0 Å². The largest absolute Gasteiger partial charge is 0.380 e. The van der Waals surface area contributed by atoms with E-state index in [0.717, 1.165) is 59.0 Å². The fourth-order valence-electron chi connectivity index (χ4n) is 2.94. The molecule has 5 nitrogen and oxygen atoms in total. The molecule has 2 heterocycles. The van der Waals surface area contributed by atoms with Crippen molar-refractivity contribution in [3.8, 4) is 0 Å². The molecule has 0 aromatic rings. The average Bonchev–Trinajstić information content (AvgIpc) is 2.50. The van der Waals surface area contributed by atoms with Crippen LogP contribution in [0, 0.1) is 0 Å². The molecule has 0 saturated carbocycles. The fraction of sp³-hybridized carbons (Fsp3) is 0.933. The summed E-state index contributed by atoms with van der Waals surface area (Å²) in [5.74, 6) is 0.326. The van der Waals surface area contributed by atoms with Crippen molar-refractivity contribution in [2.45, 2.75) is 26.2 Å². The number of likely N-dealkylation sites (tertiary alicyclic amines) is 1. The van der Waals surface area contributed by atoms with Gasteiger partial charge < -0.3 is 9.64 Å². The number of carbonyl (C=O) groups excluding carboxylic acids is 1. The van der Waals surface area contributed by atoms with Crippen LogP contribution < -0.4 is 0 Å². The standard InChI is InChI=1S/C15H29N3O2/c1-2-20-13-12-16-8-10-17(11-9-16)14-15(19)18-6-4-3-5-7-18/h2-14H2,1H3. The summed E-state index contributed by atoms with van der Waals surface area (Å²) in [7, 11) is 0. The predicted molar refractivity (Wildman–Crippen MR) is 79.8 cm³/mol. The summed E-state index contributed by atoms with van der Waals surface area (Å²) in [4.78, 5) is 19.0. The van der Waals surface area contributed by atoms with Crippen LogP contribution in [-0.4, -0.2) is 86.2 Å². The van der Waals surface area contributed by atoms with E-state index in [9.17, 15) is 4.79 Å². The third-order valence-corrected chi connectivity index (χ3v) is 4.29. The van der Waals surface area contributed by atoms with Crippen molar-refractivity contribution in [1.29, 1.82) is 0 Å². The summed E-state index contributed by atoms with van der Waals surface area (Å²) in [5.41, 5.74) is 0. The lowest BCUT2D eigenvalue weighted by Crippen LogP contribution is -2.51. The van der Waals surface area contributed by atoms with Gasteiger partial charge in [-0.15, -0.1) is 0 Å². The van der Waals surface area contributed by atoms with Crippen LogP contribution in [-0.2, 0) is 9.53 Å². The first-order valence-electron chi connectivity index (χ1n) is 8.10. The second-order valence-electron chi connectivity index (χ2n) is 5.76. The predicted octanol–water partition coefficient (Wildman–Crippen LogP) is 0.653. The van der Waals surface area contributed by atoms with Crippen LogP contribution >= 0.6 is 0 Å². The van der Waals surface area contributed by atoms with Crippen LogP contribution in [0.1, 0.15) is 26.2 Å². The molecule has 2 rings (SSSR count). The van der Waals surface area contributed by atoms with Gasteiger partial charge in [-0.3, -0.25) is 14.6 Å². The lowest BCUT2D eigenvalue weighted by atomic mass is 10.1. The molecule has 2 aliphatic rings. The monoisotopic (exact) mass is 283 g/mol. The van der Waals surface area contributed by atoms with Gasteiger partial charge in [0.25, 0.3) is 0 Å². The fourth-order valence-corrected chi connectivity index (χ4v) is 2.94. The summed E-state index contributed by atoms with van der Waals surface area (Å²) in [6.45, 7) is 11.3. The van der Waals surface area contributed by atoms with Crippen molar-refractivity contribution in [3.63, 3.8) is 0 Å². The number of hydrogen-bond donors (Lipinski definition) is 0. The molecule has 2 saturated heterocycles. The first kappa shape index (κ1) is 15.7. The Labute approximate surface area is 122 Å². The van der Waals surface area contributed by atoms with Gasteiger partial charge in [-0.2, -0.15) is 0 Å². The van der Waals surface area contributed by atoms with Crippen LogP contribution in [0.2, 0.25) is 0 Å². The van der Waals surface area contributed by atoms with E-state index in [2.05, 4.69) is 9.80 Å². The Balaban J connectivity index is 1.62. The highest BCUT2D eigenvalue weighted by atomic mass is 16.5. The Bertz CT molecular complexity index is 285. The van der Waals surface area contributed by atoms with Crippen molar-refractivity contribution >= 4 is 5.91 Å². The van der Waals surface area contributed by atoms with Gasteiger partial charge in [-0.1, -0.05) is 0 Å². The van der Waals surface area contributed by atoms with Crippen LogP contribution in [0.15, 0.2) is 0 Å². The van der Waals surface area contributed by atoms with Crippen LogP contribution in [0.3, 0.4) is 0 Å². The third kappa shape index (κ3) is 5.04. The number of rotatable bonds is 6. The SMILES string of the molecule is CCOCCN1CCN(CC(=O)N2CCCCC2)CC1. The Kier molecular flexibility index (Phi) is 6.76. The van der Waals surface area contributed by atoms with E-state index in [4.69, 9.17) is 4.74 Å². The lowest BCUT2D eigenvalue weighted by molar-refractivity contribution is -0.133. The molecule has 116 valence electrons. The van der Waals surface area contributed by atoms with Crippen molar-refractivity contribution in [1.82, 2.24) is 14.7 Å². The molecule has 2 fully saturated rings. The zero-order valence-electron chi connectivity index (χ0n) is 12.9. The Hall–Kier alpha value is -0.650. The van der Waals surface area contributed by atoms with Gasteiger partial charge in [0.2, 0.25) is 5.91 Å².